The lowest BCUT2D eigenvalue weighted by Crippen LogP contribution is -2.35. The number of carbonyl (C=O) groups is 1. The van der Waals surface area contributed by atoms with Crippen LogP contribution < -0.4 is 5.32 Å². The van der Waals surface area contributed by atoms with Crippen LogP contribution in [0.15, 0.2) is 24.3 Å². The Bertz CT molecular complexity index is 310. The van der Waals surface area contributed by atoms with Gasteiger partial charge in [0.2, 0.25) is 0 Å². The topological polar surface area (TPSA) is 49.3 Å². The molecule has 0 fully saturated rings. The van der Waals surface area contributed by atoms with Gasteiger partial charge >= 0.3 is 5.97 Å². The SMILES string of the molecule is CNC(Cc1ccc(Cl)cc1)C(=O)O. The minimum Gasteiger partial charge on any atom is -0.480 e. The molecule has 0 aliphatic heterocycles. The van der Waals surface area contributed by atoms with Crippen molar-refractivity contribution in [3.05, 3.63) is 34.9 Å². The Kier molecular flexibility index (Phi) is 3.92. The van der Waals surface area contributed by atoms with Gasteiger partial charge in [0, 0.05) is 5.02 Å². The molecule has 1 aromatic rings. The van der Waals surface area contributed by atoms with Crippen molar-refractivity contribution in [2.75, 3.05) is 7.05 Å². The van der Waals surface area contributed by atoms with Gasteiger partial charge in [0.15, 0.2) is 0 Å². The second kappa shape index (κ2) is 4.98. The van der Waals surface area contributed by atoms with Gasteiger partial charge in [0.05, 0.1) is 0 Å². The molecule has 0 aliphatic carbocycles. The summed E-state index contributed by atoms with van der Waals surface area (Å²) in [6.07, 6.45) is 0.461. The Morgan fingerprint density at radius 2 is 2.07 bits per heavy atom. The zero-order valence-corrected chi connectivity index (χ0v) is 8.58. The molecule has 0 saturated heterocycles. The number of carboxylic acids is 1. The van der Waals surface area contributed by atoms with Gasteiger partial charge in [-0.05, 0) is 31.2 Å². The molecule has 0 radical (unpaired) electrons. The summed E-state index contributed by atoms with van der Waals surface area (Å²) in [4.78, 5) is 10.7. The molecule has 0 bridgehead atoms. The highest BCUT2D eigenvalue weighted by atomic mass is 35.5. The largest absolute Gasteiger partial charge is 0.480 e. The second-order valence-electron chi connectivity index (χ2n) is 3.01. The molecule has 14 heavy (non-hydrogen) atoms. The Morgan fingerprint density at radius 3 is 2.50 bits per heavy atom. The molecule has 1 atom stereocenters. The lowest BCUT2D eigenvalue weighted by atomic mass is 10.1. The average Bonchev–Trinajstić information content (AvgIpc) is 2.16. The highest BCUT2D eigenvalue weighted by Gasteiger charge is 2.14. The van der Waals surface area contributed by atoms with Crippen molar-refractivity contribution in [2.45, 2.75) is 12.5 Å². The van der Waals surface area contributed by atoms with E-state index in [1.165, 1.54) is 0 Å². The van der Waals surface area contributed by atoms with Crippen LogP contribution in [0.5, 0.6) is 0 Å². The van der Waals surface area contributed by atoms with E-state index in [-0.39, 0.29) is 0 Å². The first-order valence-corrected chi connectivity index (χ1v) is 4.66. The van der Waals surface area contributed by atoms with Gasteiger partial charge in [-0.3, -0.25) is 4.79 Å². The average molecular weight is 214 g/mol. The fraction of sp³-hybridized carbons (Fsp3) is 0.300. The van der Waals surface area contributed by atoms with Gasteiger partial charge in [-0.15, -0.1) is 0 Å². The van der Waals surface area contributed by atoms with Crippen LogP contribution in [-0.4, -0.2) is 24.2 Å². The Labute approximate surface area is 87.7 Å². The predicted octanol–water partition coefficient (Wildman–Crippen LogP) is 1.56. The van der Waals surface area contributed by atoms with E-state index < -0.39 is 12.0 Å². The summed E-state index contributed by atoms with van der Waals surface area (Å²) in [5.74, 6) is -0.845. The molecule has 0 spiro atoms. The van der Waals surface area contributed by atoms with Gasteiger partial charge in [-0.25, -0.2) is 0 Å². The number of hydrogen-bond donors (Lipinski definition) is 2. The van der Waals surface area contributed by atoms with Crippen molar-refractivity contribution in [2.24, 2.45) is 0 Å². The normalized spacial score (nSPS) is 12.4. The summed E-state index contributed by atoms with van der Waals surface area (Å²) in [5, 5.41) is 12.2. The molecule has 2 N–H and O–H groups in total. The smallest absolute Gasteiger partial charge is 0.321 e. The second-order valence-corrected chi connectivity index (χ2v) is 3.45. The first-order valence-electron chi connectivity index (χ1n) is 4.28. The van der Waals surface area contributed by atoms with Gasteiger partial charge < -0.3 is 10.4 Å². The maximum Gasteiger partial charge on any atom is 0.321 e. The van der Waals surface area contributed by atoms with Crippen molar-refractivity contribution in [1.29, 1.82) is 0 Å². The summed E-state index contributed by atoms with van der Waals surface area (Å²) in [7, 11) is 1.63. The fourth-order valence-corrected chi connectivity index (χ4v) is 1.30. The fourth-order valence-electron chi connectivity index (χ4n) is 1.17. The highest BCUT2D eigenvalue weighted by molar-refractivity contribution is 6.30. The molecule has 3 nitrogen and oxygen atoms in total. The van der Waals surface area contributed by atoms with E-state index in [9.17, 15) is 4.79 Å². The number of halogens is 1. The van der Waals surface area contributed by atoms with E-state index >= 15 is 0 Å². The standard InChI is InChI=1S/C10H12ClNO2/c1-12-9(10(13)14)6-7-2-4-8(11)5-3-7/h2-5,9,12H,6H2,1H3,(H,13,14). The number of benzene rings is 1. The quantitative estimate of drug-likeness (QED) is 0.798. The third kappa shape index (κ3) is 3.01. The third-order valence-corrected chi connectivity index (χ3v) is 2.25. The molecule has 1 unspecified atom stereocenters. The molecule has 1 rings (SSSR count). The molecule has 0 aliphatic rings. The van der Waals surface area contributed by atoms with Crippen molar-refractivity contribution in [1.82, 2.24) is 5.32 Å². The van der Waals surface area contributed by atoms with Crippen LogP contribution in [-0.2, 0) is 11.2 Å². The molecular formula is C10H12ClNO2. The highest BCUT2D eigenvalue weighted by Crippen LogP contribution is 2.11. The molecule has 0 aromatic heterocycles. The first kappa shape index (κ1) is 11.0. The molecule has 0 amide bonds. The monoisotopic (exact) mass is 213 g/mol. The maximum atomic E-state index is 10.7. The van der Waals surface area contributed by atoms with Crippen LogP contribution in [0.1, 0.15) is 5.56 Å². The lowest BCUT2D eigenvalue weighted by molar-refractivity contribution is -0.139. The number of nitrogens with one attached hydrogen (secondary N) is 1. The van der Waals surface area contributed by atoms with E-state index in [1.807, 2.05) is 12.1 Å². The van der Waals surface area contributed by atoms with Crippen LogP contribution >= 0.6 is 11.6 Å². The summed E-state index contributed by atoms with van der Waals surface area (Å²) in [5.41, 5.74) is 0.955. The van der Waals surface area contributed by atoms with Crippen molar-refractivity contribution in [3.8, 4) is 0 Å². The van der Waals surface area contributed by atoms with Crippen LogP contribution in [0.4, 0.5) is 0 Å². The first-order chi connectivity index (χ1) is 6.63. The molecular weight excluding hydrogens is 202 g/mol. The molecule has 4 heteroatoms. The lowest BCUT2D eigenvalue weighted by Gasteiger charge is -2.10. The Morgan fingerprint density at radius 1 is 1.50 bits per heavy atom. The molecule has 0 saturated carbocycles. The number of aliphatic carboxylic acids is 1. The number of hydrogen-bond acceptors (Lipinski definition) is 2. The van der Waals surface area contributed by atoms with Crippen LogP contribution in [0, 0.1) is 0 Å². The van der Waals surface area contributed by atoms with Gasteiger partial charge in [0.1, 0.15) is 6.04 Å². The molecule has 0 heterocycles. The summed E-state index contributed by atoms with van der Waals surface area (Å²) < 4.78 is 0. The van der Waals surface area contributed by atoms with E-state index in [0.717, 1.165) is 5.56 Å². The zero-order chi connectivity index (χ0) is 10.6. The molecule has 1 aromatic carbocycles. The van der Waals surface area contributed by atoms with Gasteiger partial charge in [0.25, 0.3) is 0 Å². The van der Waals surface area contributed by atoms with Crippen molar-refractivity contribution >= 4 is 17.6 Å². The number of likely N-dealkylation sites (N-methyl/N-ethyl adjacent to an activating group) is 1. The number of rotatable bonds is 4. The predicted molar refractivity (Wildman–Crippen MR) is 55.6 cm³/mol. The number of carboxylic acid groups (broad SMARTS) is 1. The van der Waals surface area contributed by atoms with E-state index in [1.54, 1.807) is 19.2 Å². The zero-order valence-electron chi connectivity index (χ0n) is 7.83. The minimum atomic E-state index is -0.845. The Balaban J connectivity index is 2.67. The summed E-state index contributed by atoms with van der Waals surface area (Å²) in [6, 6.07) is 6.62. The maximum absolute atomic E-state index is 10.7. The van der Waals surface area contributed by atoms with Crippen LogP contribution in [0.3, 0.4) is 0 Å². The van der Waals surface area contributed by atoms with E-state index in [2.05, 4.69) is 5.32 Å². The Hall–Kier alpha value is -1.06. The third-order valence-electron chi connectivity index (χ3n) is 2.00. The minimum absolute atomic E-state index is 0.461. The molecule has 76 valence electrons. The van der Waals surface area contributed by atoms with Crippen molar-refractivity contribution < 1.29 is 9.90 Å². The van der Waals surface area contributed by atoms with Crippen molar-refractivity contribution in [3.63, 3.8) is 0 Å². The van der Waals surface area contributed by atoms with E-state index in [0.29, 0.717) is 11.4 Å². The van der Waals surface area contributed by atoms with Crippen LogP contribution in [0.25, 0.3) is 0 Å². The van der Waals surface area contributed by atoms with Crippen LogP contribution in [0.2, 0.25) is 5.02 Å². The summed E-state index contributed by atoms with van der Waals surface area (Å²) in [6.45, 7) is 0. The van der Waals surface area contributed by atoms with Gasteiger partial charge in [-0.2, -0.15) is 0 Å². The summed E-state index contributed by atoms with van der Waals surface area (Å²) >= 11 is 5.71. The van der Waals surface area contributed by atoms with Gasteiger partial charge in [-0.1, -0.05) is 23.7 Å². The van der Waals surface area contributed by atoms with E-state index in [4.69, 9.17) is 16.7 Å².